The summed E-state index contributed by atoms with van der Waals surface area (Å²) in [6.45, 7) is 1.75. The number of ether oxygens (including phenoxy) is 1. The molecule has 1 N–H and O–H groups in total. The van der Waals surface area contributed by atoms with Crippen molar-refractivity contribution in [3.8, 4) is 5.75 Å². The topological polar surface area (TPSA) is 38.3 Å². The van der Waals surface area contributed by atoms with Crippen molar-refractivity contribution >= 4 is 38.3 Å². The lowest BCUT2D eigenvalue weighted by molar-refractivity contribution is -0.122. The summed E-state index contributed by atoms with van der Waals surface area (Å²) in [5.41, 5.74) is 0.734. The van der Waals surface area contributed by atoms with Gasteiger partial charge in [-0.1, -0.05) is 58.4 Å². The fraction of sp³-hybridized carbons (Fsp3) is 0.105. The molecule has 0 aromatic heterocycles. The smallest absolute Gasteiger partial charge is 0.265 e. The number of carbonyl (C=O) groups is 1. The van der Waals surface area contributed by atoms with Crippen molar-refractivity contribution in [2.75, 3.05) is 5.32 Å². The number of benzene rings is 3. The molecule has 0 spiro atoms. The van der Waals surface area contributed by atoms with Crippen LogP contribution in [0.3, 0.4) is 0 Å². The van der Waals surface area contributed by atoms with Gasteiger partial charge in [0.1, 0.15) is 5.75 Å². The van der Waals surface area contributed by atoms with Crippen molar-refractivity contribution in [2.24, 2.45) is 0 Å². The molecular formula is C19H16BrNO2. The number of anilines is 1. The molecule has 0 unspecified atom stereocenters. The Hall–Kier alpha value is -2.33. The van der Waals surface area contributed by atoms with E-state index in [4.69, 9.17) is 4.74 Å². The van der Waals surface area contributed by atoms with Crippen molar-refractivity contribution in [3.05, 3.63) is 71.2 Å². The highest BCUT2D eigenvalue weighted by atomic mass is 79.9. The van der Waals surface area contributed by atoms with Crippen LogP contribution in [0.25, 0.3) is 10.8 Å². The number of fused-ring (bicyclic) bond motifs is 1. The monoisotopic (exact) mass is 369 g/mol. The Morgan fingerprint density at radius 2 is 1.78 bits per heavy atom. The molecule has 3 aromatic rings. The molecule has 0 fully saturated rings. The van der Waals surface area contributed by atoms with E-state index in [0.29, 0.717) is 5.75 Å². The van der Waals surface area contributed by atoms with Crippen molar-refractivity contribution in [3.63, 3.8) is 0 Å². The van der Waals surface area contributed by atoms with Crippen LogP contribution in [0.5, 0.6) is 5.75 Å². The zero-order valence-electron chi connectivity index (χ0n) is 12.6. The second-order valence-corrected chi connectivity index (χ2v) is 6.15. The van der Waals surface area contributed by atoms with Gasteiger partial charge in [0.05, 0.1) is 0 Å². The molecule has 1 amide bonds. The number of hydrogen-bond donors (Lipinski definition) is 1. The lowest BCUT2D eigenvalue weighted by atomic mass is 10.1. The fourth-order valence-corrected chi connectivity index (χ4v) is 2.75. The zero-order valence-corrected chi connectivity index (χ0v) is 14.2. The number of nitrogens with one attached hydrogen (secondary N) is 1. The molecule has 1 atom stereocenters. The number of hydrogen-bond acceptors (Lipinski definition) is 2. The molecular weight excluding hydrogens is 354 g/mol. The highest BCUT2D eigenvalue weighted by molar-refractivity contribution is 9.10. The van der Waals surface area contributed by atoms with Gasteiger partial charge in [-0.05, 0) is 36.6 Å². The predicted molar refractivity (Wildman–Crippen MR) is 96.8 cm³/mol. The Bertz CT molecular complexity index is 842. The van der Waals surface area contributed by atoms with Crippen LogP contribution in [0.4, 0.5) is 5.69 Å². The van der Waals surface area contributed by atoms with Gasteiger partial charge in [0.25, 0.3) is 5.91 Å². The Kier molecular flexibility index (Phi) is 4.63. The number of carbonyl (C=O) groups excluding carboxylic acids is 1. The van der Waals surface area contributed by atoms with E-state index in [1.54, 1.807) is 6.92 Å². The maximum Gasteiger partial charge on any atom is 0.265 e. The fourth-order valence-electron chi connectivity index (χ4n) is 2.35. The maximum absolute atomic E-state index is 12.3. The quantitative estimate of drug-likeness (QED) is 0.701. The van der Waals surface area contributed by atoms with E-state index in [9.17, 15) is 4.79 Å². The standard InChI is InChI=1S/C19H16BrNO2/c1-13(19(22)21-16-9-5-8-15(20)12-16)23-18-11-4-7-14-6-2-3-10-17(14)18/h2-13H,1H3,(H,21,22)/t13-/m0/s1. The number of rotatable bonds is 4. The molecule has 0 bridgehead atoms. The van der Waals surface area contributed by atoms with Crippen LogP contribution in [-0.4, -0.2) is 12.0 Å². The average Bonchev–Trinajstić information content (AvgIpc) is 2.55. The van der Waals surface area contributed by atoms with Gasteiger partial charge in [0.15, 0.2) is 6.10 Å². The van der Waals surface area contributed by atoms with Gasteiger partial charge in [0, 0.05) is 15.5 Å². The van der Waals surface area contributed by atoms with Crippen LogP contribution in [0, 0.1) is 0 Å². The summed E-state index contributed by atoms with van der Waals surface area (Å²) in [5, 5.41) is 4.94. The zero-order chi connectivity index (χ0) is 16.2. The molecule has 3 aromatic carbocycles. The molecule has 3 nitrogen and oxygen atoms in total. The molecule has 23 heavy (non-hydrogen) atoms. The molecule has 0 aliphatic heterocycles. The predicted octanol–water partition coefficient (Wildman–Crippen LogP) is 5.01. The number of amides is 1. The van der Waals surface area contributed by atoms with Gasteiger partial charge < -0.3 is 10.1 Å². The summed E-state index contributed by atoms with van der Waals surface area (Å²) in [7, 11) is 0. The largest absolute Gasteiger partial charge is 0.480 e. The maximum atomic E-state index is 12.3. The highest BCUT2D eigenvalue weighted by Crippen LogP contribution is 2.26. The van der Waals surface area contributed by atoms with Gasteiger partial charge in [0.2, 0.25) is 0 Å². The second-order valence-electron chi connectivity index (χ2n) is 5.24. The van der Waals surface area contributed by atoms with E-state index in [-0.39, 0.29) is 5.91 Å². The molecule has 0 saturated carbocycles. The lowest BCUT2D eigenvalue weighted by Gasteiger charge is -2.16. The first-order valence-electron chi connectivity index (χ1n) is 7.34. The summed E-state index contributed by atoms with van der Waals surface area (Å²) < 4.78 is 6.78. The molecule has 0 radical (unpaired) electrons. The highest BCUT2D eigenvalue weighted by Gasteiger charge is 2.16. The van der Waals surface area contributed by atoms with E-state index in [0.717, 1.165) is 20.9 Å². The second kappa shape index (κ2) is 6.84. The minimum atomic E-state index is -0.597. The summed E-state index contributed by atoms with van der Waals surface area (Å²) in [6.07, 6.45) is -0.597. The molecule has 0 saturated heterocycles. The van der Waals surface area contributed by atoms with Crippen LogP contribution in [0.15, 0.2) is 71.2 Å². The Morgan fingerprint density at radius 3 is 2.61 bits per heavy atom. The van der Waals surface area contributed by atoms with Crippen LogP contribution in [0.1, 0.15) is 6.92 Å². The summed E-state index contributed by atoms with van der Waals surface area (Å²) in [4.78, 5) is 12.3. The van der Waals surface area contributed by atoms with Crippen molar-refractivity contribution in [1.29, 1.82) is 0 Å². The number of halogens is 1. The summed E-state index contributed by atoms with van der Waals surface area (Å²) >= 11 is 3.39. The Morgan fingerprint density at radius 1 is 1.04 bits per heavy atom. The first-order chi connectivity index (χ1) is 11.1. The summed E-state index contributed by atoms with van der Waals surface area (Å²) in [5.74, 6) is 0.524. The van der Waals surface area contributed by atoms with Crippen LogP contribution >= 0.6 is 15.9 Å². The Balaban J connectivity index is 1.75. The molecule has 4 heteroatoms. The van der Waals surface area contributed by atoms with E-state index >= 15 is 0 Å². The van der Waals surface area contributed by atoms with Crippen molar-refractivity contribution in [1.82, 2.24) is 0 Å². The van der Waals surface area contributed by atoms with Gasteiger partial charge >= 0.3 is 0 Å². The van der Waals surface area contributed by atoms with E-state index < -0.39 is 6.10 Å². The van der Waals surface area contributed by atoms with Crippen molar-refractivity contribution in [2.45, 2.75) is 13.0 Å². The van der Waals surface area contributed by atoms with Crippen molar-refractivity contribution < 1.29 is 9.53 Å². The third-order valence-electron chi connectivity index (χ3n) is 3.51. The molecule has 3 rings (SSSR count). The first kappa shape index (κ1) is 15.6. The van der Waals surface area contributed by atoms with Gasteiger partial charge in [-0.3, -0.25) is 4.79 Å². The summed E-state index contributed by atoms with van der Waals surface area (Å²) in [6, 6.07) is 21.3. The molecule has 0 heterocycles. The van der Waals surface area contributed by atoms with Gasteiger partial charge in [-0.2, -0.15) is 0 Å². The minimum absolute atomic E-state index is 0.184. The molecule has 0 aliphatic rings. The third kappa shape index (κ3) is 3.71. The molecule has 0 aliphatic carbocycles. The minimum Gasteiger partial charge on any atom is -0.480 e. The van der Waals surface area contributed by atoms with Gasteiger partial charge in [-0.25, -0.2) is 0 Å². The Labute approximate surface area is 143 Å². The van der Waals surface area contributed by atoms with Crippen LogP contribution in [-0.2, 0) is 4.79 Å². The normalized spacial score (nSPS) is 11.9. The molecule has 116 valence electrons. The van der Waals surface area contributed by atoms with E-state index in [1.807, 2.05) is 66.7 Å². The average molecular weight is 370 g/mol. The van der Waals surface area contributed by atoms with E-state index in [2.05, 4.69) is 21.2 Å². The SMILES string of the molecule is C[C@H](Oc1cccc2ccccc12)C(=O)Nc1cccc(Br)c1. The van der Waals surface area contributed by atoms with Crippen LogP contribution < -0.4 is 10.1 Å². The first-order valence-corrected chi connectivity index (χ1v) is 8.13. The van der Waals surface area contributed by atoms with Crippen LogP contribution in [0.2, 0.25) is 0 Å². The van der Waals surface area contributed by atoms with E-state index in [1.165, 1.54) is 0 Å². The van der Waals surface area contributed by atoms with Gasteiger partial charge in [-0.15, -0.1) is 0 Å². The third-order valence-corrected chi connectivity index (χ3v) is 4.01. The lowest BCUT2D eigenvalue weighted by Crippen LogP contribution is -2.30.